The van der Waals surface area contributed by atoms with E-state index in [1.807, 2.05) is 24.3 Å². The monoisotopic (exact) mass is 654 g/mol. The van der Waals surface area contributed by atoms with Crippen molar-refractivity contribution in [1.29, 1.82) is 0 Å². The molecule has 1 aliphatic carbocycles. The van der Waals surface area contributed by atoms with Crippen LogP contribution in [-0.4, -0.2) is 0 Å². The van der Waals surface area contributed by atoms with Gasteiger partial charge in [0.05, 0.1) is 0 Å². The molecule has 0 aliphatic heterocycles. The topological polar surface area (TPSA) is 13.1 Å². The zero-order valence-corrected chi connectivity index (χ0v) is 28.7. The summed E-state index contributed by atoms with van der Waals surface area (Å²) in [4.78, 5) is 0. The fourth-order valence-electron chi connectivity index (χ4n) is 7.86. The second-order valence-corrected chi connectivity index (χ2v) is 13.7. The third-order valence-electron chi connectivity index (χ3n) is 10.4. The molecule has 1 heteroatoms. The maximum Gasteiger partial charge on any atom is 0.135 e. The summed E-state index contributed by atoms with van der Waals surface area (Å²) < 4.78 is 5.71. The predicted molar refractivity (Wildman–Crippen MR) is 215 cm³/mol. The van der Waals surface area contributed by atoms with Gasteiger partial charge in [-0.1, -0.05) is 169 Å². The molecule has 1 atom stereocenters. The lowest BCUT2D eigenvalue weighted by atomic mass is 9.74. The van der Waals surface area contributed by atoms with Gasteiger partial charge in [-0.25, -0.2) is 0 Å². The van der Waals surface area contributed by atoms with E-state index in [4.69, 9.17) is 4.42 Å². The van der Waals surface area contributed by atoms with Crippen LogP contribution < -0.4 is 0 Å². The Bertz CT molecular complexity index is 2620. The van der Waals surface area contributed by atoms with Crippen molar-refractivity contribution in [1.82, 2.24) is 0 Å². The van der Waals surface area contributed by atoms with E-state index >= 15 is 0 Å². The van der Waals surface area contributed by atoms with Crippen LogP contribution in [0.3, 0.4) is 0 Å². The highest BCUT2D eigenvalue weighted by Crippen LogP contribution is 2.47. The van der Waals surface area contributed by atoms with Crippen LogP contribution in [-0.2, 0) is 12.8 Å². The molecular formula is C50H38O. The molecule has 1 aliphatic rings. The molecule has 1 aromatic heterocycles. The minimum Gasteiger partial charge on any atom is -0.456 e. The van der Waals surface area contributed by atoms with Gasteiger partial charge in [0.1, 0.15) is 11.2 Å². The molecule has 0 fully saturated rings. The lowest BCUT2D eigenvalue weighted by molar-refractivity contribution is 0.669. The Morgan fingerprint density at radius 1 is 0.451 bits per heavy atom. The summed E-state index contributed by atoms with van der Waals surface area (Å²) in [6.07, 6.45) is 2.10. The molecule has 0 saturated heterocycles. The summed E-state index contributed by atoms with van der Waals surface area (Å²) in [5.74, 6) is 0.259. The van der Waals surface area contributed by atoms with E-state index in [2.05, 4.69) is 165 Å². The second kappa shape index (κ2) is 13.3. The molecule has 8 aromatic carbocycles. The molecule has 1 unspecified atom stereocenters. The van der Waals surface area contributed by atoms with Crippen molar-refractivity contribution in [3.8, 4) is 22.3 Å². The van der Waals surface area contributed by atoms with Crippen molar-refractivity contribution in [3.05, 3.63) is 215 Å². The largest absolute Gasteiger partial charge is 0.456 e. The first-order valence-electron chi connectivity index (χ1n) is 17.9. The maximum atomic E-state index is 5.71. The fraction of sp³-hybridized carbons (Fsp3) is 0.0800. The Kier molecular flexibility index (Phi) is 8.02. The minimum atomic E-state index is 0.259. The average Bonchev–Trinajstić information content (AvgIpc) is 3.56. The summed E-state index contributed by atoms with van der Waals surface area (Å²) in [6, 6.07) is 65.8. The molecule has 1 heterocycles. The van der Waals surface area contributed by atoms with E-state index in [0.717, 1.165) is 24.0 Å². The summed E-state index contributed by atoms with van der Waals surface area (Å²) in [5, 5.41) is 5.13. The Morgan fingerprint density at radius 2 is 1.06 bits per heavy atom. The minimum absolute atomic E-state index is 0.259. The van der Waals surface area contributed by atoms with Crippen molar-refractivity contribution in [2.75, 3.05) is 0 Å². The molecule has 0 amide bonds. The maximum absolute atomic E-state index is 5.71. The van der Waals surface area contributed by atoms with Crippen molar-refractivity contribution in [2.24, 2.45) is 0 Å². The quantitative estimate of drug-likeness (QED) is 0.180. The first-order chi connectivity index (χ1) is 25.2. The van der Waals surface area contributed by atoms with Crippen LogP contribution in [0.2, 0.25) is 0 Å². The van der Waals surface area contributed by atoms with Gasteiger partial charge in [0, 0.05) is 16.7 Å². The van der Waals surface area contributed by atoms with Gasteiger partial charge in [-0.3, -0.25) is 0 Å². The smallest absolute Gasteiger partial charge is 0.135 e. The second-order valence-electron chi connectivity index (χ2n) is 13.7. The highest BCUT2D eigenvalue weighted by atomic mass is 16.3. The normalized spacial score (nSPS) is 13.2. The first-order valence-corrected chi connectivity index (χ1v) is 17.9. The van der Waals surface area contributed by atoms with E-state index < -0.39 is 0 Å². The number of hydrogen-bond acceptors (Lipinski definition) is 1. The molecule has 0 saturated carbocycles. The first kappa shape index (κ1) is 30.8. The van der Waals surface area contributed by atoms with Crippen LogP contribution in [0.1, 0.15) is 39.3 Å². The summed E-state index contributed by atoms with van der Waals surface area (Å²) >= 11 is 0. The molecule has 9 aromatic rings. The Morgan fingerprint density at radius 3 is 1.86 bits per heavy atom. The van der Waals surface area contributed by atoms with Crippen molar-refractivity contribution in [2.45, 2.75) is 25.7 Å². The zero-order chi connectivity index (χ0) is 34.1. The summed E-state index contributed by atoms with van der Waals surface area (Å²) in [6.45, 7) is 2.10. The lowest BCUT2D eigenvalue weighted by Gasteiger charge is -2.29. The number of para-hydroxylation sites is 1. The van der Waals surface area contributed by atoms with Crippen molar-refractivity contribution >= 4 is 32.7 Å². The molecule has 0 radical (unpaired) electrons. The molecule has 10 rings (SSSR count). The van der Waals surface area contributed by atoms with E-state index in [1.54, 1.807) is 0 Å². The van der Waals surface area contributed by atoms with Gasteiger partial charge in [0.2, 0.25) is 0 Å². The molecular weight excluding hydrogens is 617 g/mol. The van der Waals surface area contributed by atoms with Crippen molar-refractivity contribution < 1.29 is 4.42 Å². The SMILES string of the molecule is Cc1ccc2oc3ccccc3c2c1.c1ccc(-c2ccc(CCc3ccc(C4c5ccccc5-c5cccc6cccc4c56)cc3)cc2)cc1. The fourth-order valence-corrected chi connectivity index (χ4v) is 7.86. The van der Waals surface area contributed by atoms with Gasteiger partial charge in [-0.15, -0.1) is 0 Å². The van der Waals surface area contributed by atoms with Crippen molar-refractivity contribution in [3.63, 3.8) is 0 Å². The summed E-state index contributed by atoms with van der Waals surface area (Å²) in [5.41, 5.74) is 15.4. The van der Waals surface area contributed by atoms with Crippen LogP contribution in [0.5, 0.6) is 0 Å². The number of benzene rings is 8. The average molecular weight is 655 g/mol. The molecule has 51 heavy (non-hydrogen) atoms. The van der Waals surface area contributed by atoms with E-state index in [1.165, 1.54) is 77.2 Å². The molecule has 0 N–H and O–H groups in total. The van der Waals surface area contributed by atoms with Gasteiger partial charge >= 0.3 is 0 Å². The number of aryl methyl sites for hydroxylation is 3. The Labute approximate surface area is 299 Å². The summed E-state index contributed by atoms with van der Waals surface area (Å²) in [7, 11) is 0. The van der Waals surface area contributed by atoms with E-state index in [9.17, 15) is 0 Å². The molecule has 0 bridgehead atoms. The highest BCUT2D eigenvalue weighted by molar-refractivity contribution is 6.05. The van der Waals surface area contributed by atoms with Gasteiger partial charge < -0.3 is 4.42 Å². The Balaban J connectivity index is 0.000000207. The lowest BCUT2D eigenvalue weighted by Crippen LogP contribution is -2.10. The van der Waals surface area contributed by atoms with Gasteiger partial charge in [-0.05, 0) is 98.8 Å². The number of furan rings is 1. The van der Waals surface area contributed by atoms with Crippen LogP contribution in [0, 0.1) is 6.92 Å². The van der Waals surface area contributed by atoms with Crippen LogP contribution in [0.4, 0.5) is 0 Å². The van der Waals surface area contributed by atoms with E-state index in [0.29, 0.717) is 0 Å². The number of fused-ring (bicyclic) bond motifs is 5. The van der Waals surface area contributed by atoms with E-state index in [-0.39, 0.29) is 5.92 Å². The number of rotatable bonds is 5. The molecule has 0 spiro atoms. The Hall–Kier alpha value is -6.18. The number of hydrogen-bond donors (Lipinski definition) is 0. The third-order valence-corrected chi connectivity index (χ3v) is 10.4. The molecule has 1 nitrogen and oxygen atoms in total. The predicted octanol–water partition coefficient (Wildman–Crippen LogP) is 13.3. The van der Waals surface area contributed by atoms with Crippen LogP contribution in [0.25, 0.3) is 55.0 Å². The third kappa shape index (κ3) is 5.92. The van der Waals surface area contributed by atoms with Crippen LogP contribution in [0.15, 0.2) is 186 Å². The van der Waals surface area contributed by atoms with Gasteiger partial charge in [0.15, 0.2) is 0 Å². The van der Waals surface area contributed by atoms with Crippen LogP contribution >= 0.6 is 0 Å². The standard InChI is InChI=1S/C37H28.C13H10O/c1-2-8-28(9-3-1)29-22-18-26(19-23-29)16-17-27-20-24-31(25-21-27)37-33-13-5-4-12-32(33)34-14-6-10-30-11-7-15-35(37)36(30)34;1-9-6-7-13-11(8-9)10-4-2-3-5-12(10)14-13/h1-15,18-25,37H,16-17H2;2-8H,1H3. The van der Waals surface area contributed by atoms with Gasteiger partial charge in [-0.2, -0.15) is 0 Å². The molecule has 244 valence electrons. The van der Waals surface area contributed by atoms with Gasteiger partial charge in [0.25, 0.3) is 0 Å². The zero-order valence-electron chi connectivity index (χ0n) is 28.7. The highest BCUT2D eigenvalue weighted by Gasteiger charge is 2.27.